The first-order chi connectivity index (χ1) is 12.3. The van der Waals surface area contributed by atoms with E-state index in [0.29, 0.717) is 28.1 Å². The predicted octanol–water partition coefficient (Wildman–Crippen LogP) is 4.39. The van der Waals surface area contributed by atoms with Gasteiger partial charge in [0.25, 0.3) is 0 Å². The fraction of sp³-hybridized carbons (Fsp3) is 0.235. The SMILES string of the molecule is CCP(=O)(OC)c1ccc2oc(-c3ccc4c(c3)OC(F)(F)O4)nc2c1. The summed E-state index contributed by atoms with van der Waals surface area (Å²) >= 11 is 0. The molecule has 1 aromatic heterocycles. The van der Waals surface area contributed by atoms with E-state index in [1.54, 1.807) is 31.2 Å². The van der Waals surface area contributed by atoms with Crippen LogP contribution in [0, 0.1) is 0 Å². The molecule has 0 aliphatic carbocycles. The van der Waals surface area contributed by atoms with E-state index in [2.05, 4.69) is 14.5 Å². The van der Waals surface area contributed by atoms with Gasteiger partial charge in [0.15, 0.2) is 17.1 Å². The molecule has 1 aliphatic rings. The molecule has 0 amide bonds. The fourth-order valence-corrected chi connectivity index (χ4v) is 4.21. The summed E-state index contributed by atoms with van der Waals surface area (Å²) in [6.07, 6.45) is -3.32. The van der Waals surface area contributed by atoms with Crippen LogP contribution < -0.4 is 14.8 Å². The fourth-order valence-electron chi connectivity index (χ4n) is 2.75. The lowest BCUT2D eigenvalue weighted by Gasteiger charge is -2.13. The molecule has 4 rings (SSSR count). The van der Waals surface area contributed by atoms with Gasteiger partial charge >= 0.3 is 6.29 Å². The molecule has 0 N–H and O–H groups in total. The van der Waals surface area contributed by atoms with Crippen molar-refractivity contribution in [2.75, 3.05) is 13.3 Å². The Hall–Kier alpha value is -2.44. The molecule has 6 nitrogen and oxygen atoms in total. The minimum Gasteiger partial charge on any atom is -0.436 e. The summed E-state index contributed by atoms with van der Waals surface area (Å²) < 4.78 is 58.6. The number of hydrogen-bond acceptors (Lipinski definition) is 6. The Morgan fingerprint density at radius 2 is 1.92 bits per heavy atom. The van der Waals surface area contributed by atoms with Gasteiger partial charge in [-0.3, -0.25) is 4.57 Å². The van der Waals surface area contributed by atoms with Crippen molar-refractivity contribution < 1.29 is 31.8 Å². The van der Waals surface area contributed by atoms with Crippen LogP contribution in [-0.2, 0) is 9.09 Å². The van der Waals surface area contributed by atoms with Gasteiger partial charge in [-0.15, -0.1) is 8.78 Å². The van der Waals surface area contributed by atoms with Gasteiger partial charge in [-0.05, 0) is 36.4 Å². The highest BCUT2D eigenvalue weighted by Crippen LogP contribution is 2.45. The van der Waals surface area contributed by atoms with E-state index >= 15 is 0 Å². The minimum atomic E-state index is -3.68. The largest absolute Gasteiger partial charge is 0.586 e. The second-order valence-electron chi connectivity index (χ2n) is 5.67. The standard InChI is InChI=1S/C17H14F2NO5P/c1-3-26(21,22-2)11-5-7-13-12(9-11)20-16(23-13)10-4-6-14-15(8-10)25-17(18,19)24-14/h4-9H,3H2,1-2H3. The van der Waals surface area contributed by atoms with Crippen molar-refractivity contribution >= 4 is 23.8 Å². The molecule has 2 heterocycles. The maximum absolute atomic E-state index is 13.1. The zero-order valence-corrected chi connectivity index (χ0v) is 14.8. The highest BCUT2D eigenvalue weighted by Gasteiger charge is 2.43. The lowest BCUT2D eigenvalue weighted by Crippen LogP contribution is -2.25. The molecule has 0 saturated heterocycles. The molecule has 1 aliphatic heterocycles. The number of aromatic nitrogens is 1. The van der Waals surface area contributed by atoms with E-state index in [-0.39, 0.29) is 17.4 Å². The van der Waals surface area contributed by atoms with Crippen molar-refractivity contribution in [1.29, 1.82) is 0 Å². The Bertz CT molecular complexity index is 1040. The Morgan fingerprint density at radius 1 is 1.15 bits per heavy atom. The molecule has 136 valence electrons. The number of oxazole rings is 1. The van der Waals surface area contributed by atoms with Gasteiger partial charge in [0.05, 0.1) is 0 Å². The van der Waals surface area contributed by atoms with Crippen LogP contribution in [0.5, 0.6) is 11.5 Å². The summed E-state index contributed by atoms with van der Waals surface area (Å²) in [7, 11) is -1.52. The molecule has 0 bridgehead atoms. The first-order valence-corrected chi connectivity index (χ1v) is 9.61. The van der Waals surface area contributed by atoms with E-state index in [0.717, 1.165) is 0 Å². The summed E-state index contributed by atoms with van der Waals surface area (Å²) in [6, 6.07) is 9.25. The second kappa shape index (κ2) is 5.79. The number of nitrogens with zero attached hydrogens (tertiary/aromatic N) is 1. The number of benzene rings is 2. The quantitative estimate of drug-likeness (QED) is 0.625. The third-order valence-electron chi connectivity index (χ3n) is 4.12. The number of rotatable bonds is 4. The number of halogens is 2. The molecule has 0 fully saturated rings. The molecule has 2 aromatic carbocycles. The minimum absolute atomic E-state index is 0.0545. The maximum atomic E-state index is 13.1. The predicted molar refractivity (Wildman–Crippen MR) is 90.4 cm³/mol. The molecule has 0 saturated carbocycles. The molecule has 0 spiro atoms. The highest BCUT2D eigenvalue weighted by molar-refractivity contribution is 7.66. The van der Waals surface area contributed by atoms with Gasteiger partial charge in [0.1, 0.15) is 5.52 Å². The third-order valence-corrected chi connectivity index (χ3v) is 6.61. The smallest absolute Gasteiger partial charge is 0.436 e. The Labute approximate surface area is 147 Å². The number of alkyl halides is 2. The molecule has 1 unspecified atom stereocenters. The molecule has 0 radical (unpaired) electrons. The summed E-state index contributed by atoms with van der Waals surface area (Å²) in [5, 5.41) is 0.542. The highest BCUT2D eigenvalue weighted by atomic mass is 31.2. The number of fused-ring (bicyclic) bond motifs is 2. The summed E-state index contributed by atoms with van der Waals surface area (Å²) in [4.78, 5) is 4.36. The Balaban J connectivity index is 1.74. The van der Waals surface area contributed by atoms with Crippen LogP contribution in [0.4, 0.5) is 8.78 Å². The van der Waals surface area contributed by atoms with Gasteiger partial charge in [-0.1, -0.05) is 6.92 Å². The summed E-state index contributed by atoms with van der Waals surface area (Å²) in [5.74, 6) is 0.0777. The Kier molecular flexibility index (Phi) is 3.78. The zero-order valence-electron chi connectivity index (χ0n) is 13.9. The van der Waals surface area contributed by atoms with Gasteiger partial charge in [-0.2, -0.15) is 0 Å². The maximum Gasteiger partial charge on any atom is 0.586 e. The normalized spacial score (nSPS) is 17.4. The van der Waals surface area contributed by atoms with Crippen LogP contribution in [0.2, 0.25) is 0 Å². The first-order valence-electron chi connectivity index (χ1n) is 7.80. The van der Waals surface area contributed by atoms with Crippen molar-refractivity contribution in [1.82, 2.24) is 4.98 Å². The van der Waals surface area contributed by atoms with Crippen molar-refractivity contribution in [3.05, 3.63) is 36.4 Å². The van der Waals surface area contributed by atoms with E-state index in [1.165, 1.54) is 19.2 Å². The zero-order chi connectivity index (χ0) is 18.5. The van der Waals surface area contributed by atoms with Gasteiger partial charge in [0, 0.05) is 24.1 Å². The van der Waals surface area contributed by atoms with Crippen molar-refractivity contribution in [3.8, 4) is 23.0 Å². The first kappa shape index (κ1) is 17.0. The van der Waals surface area contributed by atoms with E-state index < -0.39 is 13.7 Å². The second-order valence-corrected chi connectivity index (χ2v) is 8.53. The monoisotopic (exact) mass is 381 g/mol. The molecular formula is C17H14F2NO5P. The van der Waals surface area contributed by atoms with Crippen LogP contribution in [-0.4, -0.2) is 24.6 Å². The van der Waals surface area contributed by atoms with Gasteiger partial charge in [0.2, 0.25) is 13.3 Å². The van der Waals surface area contributed by atoms with Crippen LogP contribution in [0.25, 0.3) is 22.6 Å². The van der Waals surface area contributed by atoms with E-state index in [1.807, 2.05) is 0 Å². The molecule has 26 heavy (non-hydrogen) atoms. The molecular weight excluding hydrogens is 367 g/mol. The van der Waals surface area contributed by atoms with Gasteiger partial charge < -0.3 is 18.4 Å². The average Bonchev–Trinajstić information content (AvgIpc) is 3.18. The van der Waals surface area contributed by atoms with Crippen molar-refractivity contribution in [3.63, 3.8) is 0 Å². The number of ether oxygens (including phenoxy) is 2. The topological polar surface area (TPSA) is 70.8 Å². The summed E-state index contributed by atoms with van der Waals surface area (Å²) in [6.45, 7) is 1.78. The third kappa shape index (κ3) is 2.75. The van der Waals surface area contributed by atoms with E-state index in [9.17, 15) is 13.3 Å². The van der Waals surface area contributed by atoms with Crippen LogP contribution in [0.15, 0.2) is 40.8 Å². The lowest BCUT2D eigenvalue weighted by molar-refractivity contribution is -0.286. The van der Waals surface area contributed by atoms with E-state index in [4.69, 9.17) is 8.94 Å². The molecule has 3 aromatic rings. The Morgan fingerprint density at radius 3 is 2.65 bits per heavy atom. The van der Waals surface area contributed by atoms with Crippen LogP contribution >= 0.6 is 7.37 Å². The number of hydrogen-bond donors (Lipinski definition) is 0. The van der Waals surface area contributed by atoms with Crippen molar-refractivity contribution in [2.45, 2.75) is 13.2 Å². The lowest BCUT2D eigenvalue weighted by atomic mass is 10.2. The summed E-state index contributed by atoms with van der Waals surface area (Å²) in [5.41, 5.74) is 1.42. The average molecular weight is 381 g/mol. The van der Waals surface area contributed by atoms with Crippen LogP contribution in [0.1, 0.15) is 6.92 Å². The van der Waals surface area contributed by atoms with Crippen molar-refractivity contribution in [2.24, 2.45) is 0 Å². The van der Waals surface area contributed by atoms with Gasteiger partial charge in [-0.25, -0.2) is 4.98 Å². The van der Waals surface area contributed by atoms with Crippen LogP contribution in [0.3, 0.4) is 0 Å². The molecule has 9 heteroatoms. The molecule has 1 atom stereocenters.